The van der Waals surface area contributed by atoms with Gasteiger partial charge in [0.2, 0.25) is 11.8 Å². The lowest BCUT2D eigenvalue weighted by atomic mass is 9.64. The predicted octanol–water partition coefficient (Wildman–Crippen LogP) is 2.01. The first kappa shape index (κ1) is 19.4. The van der Waals surface area contributed by atoms with Crippen molar-refractivity contribution in [2.75, 3.05) is 6.54 Å². The number of H-pyrrole nitrogens is 1. The number of nitrogens with zero attached hydrogens (tertiary/aromatic N) is 1. The Balaban J connectivity index is 1.46. The number of aromatic amines is 1. The summed E-state index contributed by atoms with van der Waals surface area (Å²) in [5.41, 5.74) is -0.229. The summed E-state index contributed by atoms with van der Waals surface area (Å²) in [5, 5.41) is 1.12. The number of aromatic nitrogens is 1. The molecule has 9 heteroatoms. The number of thiazole rings is 1. The number of esters is 1. The summed E-state index contributed by atoms with van der Waals surface area (Å²) >= 11 is 2.93. The van der Waals surface area contributed by atoms with Crippen LogP contribution in [0.1, 0.15) is 39.0 Å². The molecule has 3 heterocycles. The van der Waals surface area contributed by atoms with Gasteiger partial charge in [-0.05, 0) is 38.0 Å². The number of amides is 2. The van der Waals surface area contributed by atoms with Gasteiger partial charge >= 0.3 is 10.8 Å². The average Bonchev–Trinajstić information content (AvgIpc) is 3.32. The van der Waals surface area contributed by atoms with Crippen LogP contribution in [0.25, 0.3) is 0 Å². The summed E-state index contributed by atoms with van der Waals surface area (Å²) in [5.74, 6) is -1.26. The highest BCUT2D eigenvalue weighted by Gasteiger charge is 2.70. The molecule has 0 spiro atoms. The van der Waals surface area contributed by atoms with E-state index in [1.807, 2.05) is 0 Å². The molecule has 3 fully saturated rings. The number of nitrogens with one attached hydrogen (secondary N) is 1. The summed E-state index contributed by atoms with van der Waals surface area (Å²) < 4.78 is 5.15. The maximum absolute atomic E-state index is 13.2. The summed E-state index contributed by atoms with van der Waals surface area (Å²) in [6.45, 7) is 7.50. The van der Waals surface area contributed by atoms with Crippen LogP contribution in [0.5, 0.6) is 0 Å². The van der Waals surface area contributed by atoms with Crippen molar-refractivity contribution >= 4 is 40.9 Å². The number of hydrogen-bond donors (Lipinski definition) is 1. The van der Waals surface area contributed by atoms with Gasteiger partial charge in [-0.2, -0.15) is 0 Å². The van der Waals surface area contributed by atoms with Crippen LogP contribution in [0, 0.1) is 29.6 Å². The second kappa shape index (κ2) is 6.20. The molecule has 0 aromatic carbocycles. The van der Waals surface area contributed by atoms with Crippen LogP contribution >= 0.6 is 23.1 Å². The SMILES string of the molecule is CC(C)OC(=O)CN1C(=O)[C@@H]2[C@@H]3C[C@@H]([C@@H]2C1=O)[C@@H]1[C@@H]3Sc2[nH]c(=O)sc2C1(C)C. The molecule has 0 unspecified atom stereocenters. The van der Waals surface area contributed by atoms with Crippen molar-refractivity contribution in [2.45, 2.75) is 55.9 Å². The van der Waals surface area contributed by atoms with E-state index in [9.17, 15) is 19.2 Å². The predicted molar refractivity (Wildman–Crippen MR) is 108 cm³/mol. The molecule has 2 aliphatic carbocycles. The molecular formula is C20H24N2O5S2. The van der Waals surface area contributed by atoms with Crippen molar-refractivity contribution in [1.29, 1.82) is 0 Å². The molecule has 29 heavy (non-hydrogen) atoms. The fourth-order valence-corrected chi connectivity index (χ4v) is 9.45. The van der Waals surface area contributed by atoms with Crippen LogP contribution in [-0.2, 0) is 24.5 Å². The molecule has 1 saturated heterocycles. The molecule has 5 rings (SSSR count). The first-order valence-electron chi connectivity index (χ1n) is 10.1. The minimum atomic E-state index is -0.541. The van der Waals surface area contributed by atoms with Crippen LogP contribution in [0.2, 0.25) is 0 Å². The van der Waals surface area contributed by atoms with E-state index in [4.69, 9.17) is 4.74 Å². The van der Waals surface area contributed by atoms with Crippen molar-refractivity contribution < 1.29 is 19.1 Å². The van der Waals surface area contributed by atoms with Crippen LogP contribution in [0.4, 0.5) is 0 Å². The normalized spacial score (nSPS) is 36.4. The van der Waals surface area contributed by atoms with E-state index in [1.54, 1.807) is 25.6 Å². The first-order chi connectivity index (χ1) is 13.6. The fraction of sp³-hybridized carbons (Fsp3) is 0.700. The highest BCUT2D eigenvalue weighted by molar-refractivity contribution is 8.00. The number of rotatable bonds is 3. The monoisotopic (exact) mass is 436 g/mol. The fourth-order valence-electron chi connectivity index (χ4n) is 6.30. The molecular weight excluding hydrogens is 412 g/mol. The van der Waals surface area contributed by atoms with E-state index in [0.29, 0.717) is 0 Å². The van der Waals surface area contributed by atoms with Gasteiger partial charge in [-0.1, -0.05) is 25.2 Å². The Kier molecular flexibility index (Phi) is 4.14. The van der Waals surface area contributed by atoms with Gasteiger partial charge in [0.25, 0.3) is 0 Å². The highest BCUT2D eigenvalue weighted by Crippen LogP contribution is 2.68. The van der Waals surface area contributed by atoms with Gasteiger partial charge in [-0.3, -0.25) is 24.1 Å². The minimum Gasteiger partial charge on any atom is -0.462 e. The molecule has 2 saturated carbocycles. The molecule has 2 aliphatic heterocycles. The van der Waals surface area contributed by atoms with E-state index in [0.717, 1.165) is 21.2 Å². The number of thioether (sulfide) groups is 1. The first-order valence-corrected chi connectivity index (χ1v) is 11.8. The summed E-state index contributed by atoms with van der Waals surface area (Å²) in [6.07, 6.45) is 0.578. The Labute approximate surface area is 176 Å². The number of likely N-dealkylation sites (tertiary alicyclic amines) is 1. The smallest absolute Gasteiger partial charge is 0.326 e. The lowest BCUT2D eigenvalue weighted by Gasteiger charge is -2.47. The Bertz CT molecular complexity index is 980. The lowest BCUT2D eigenvalue weighted by molar-refractivity contribution is -0.155. The number of fused-ring (bicyclic) bond motifs is 9. The lowest BCUT2D eigenvalue weighted by Crippen LogP contribution is -2.48. The van der Waals surface area contributed by atoms with E-state index in [2.05, 4.69) is 18.8 Å². The average molecular weight is 437 g/mol. The van der Waals surface area contributed by atoms with E-state index >= 15 is 0 Å². The number of ether oxygens (including phenoxy) is 1. The molecule has 4 aliphatic rings. The van der Waals surface area contributed by atoms with Crippen LogP contribution in [0.15, 0.2) is 9.82 Å². The second-order valence-corrected chi connectivity index (χ2v) is 11.6. The molecule has 1 aromatic rings. The van der Waals surface area contributed by atoms with Gasteiger partial charge in [0.15, 0.2) is 0 Å². The van der Waals surface area contributed by atoms with Gasteiger partial charge in [-0.25, -0.2) is 0 Å². The maximum Gasteiger partial charge on any atom is 0.326 e. The van der Waals surface area contributed by atoms with Gasteiger partial charge < -0.3 is 9.72 Å². The Morgan fingerprint density at radius 2 is 1.86 bits per heavy atom. The third-order valence-electron chi connectivity index (χ3n) is 7.14. The molecule has 1 N–H and O–H groups in total. The van der Waals surface area contributed by atoms with Crippen molar-refractivity contribution in [1.82, 2.24) is 9.88 Å². The highest BCUT2D eigenvalue weighted by atomic mass is 32.2. The molecule has 2 bridgehead atoms. The molecule has 7 nitrogen and oxygen atoms in total. The Morgan fingerprint density at radius 3 is 2.52 bits per heavy atom. The van der Waals surface area contributed by atoms with Crippen LogP contribution in [0.3, 0.4) is 0 Å². The number of carbonyl (C=O) groups is 3. The summed E-state index contributed by atoms with van der Waals surface area (Å²) in [4.78, 5) is 55.5. The number of imide groups is 1. The van der Waals surface area contributed by atoms with E-state index < -0.39 is 5.97 Å². The largest absolute Gasteiger partial charge is 0.462 e. The topological polar surface area (TPSA) is 96.5 Å². The third kappa shape index (κ3) is 2.55. The van der Waals surface area contributed by atoms with Crippen LogP contribution < -0.4 is 4.87 Å². The molecule has 2 amide bonds. The van der Waals surface area contributed by atoms with E-state index in [-0.39, 0.29) is 69.6 Å². The minimum absolute atomic E-state index is 0.0508. The van der Waals surface area contributed by atoms with Gasteiger partial charge in [0, 0.05) is 15.5 Å². The molecule has 1 aromatic heterocycles. The second-order valence-electron chi connectivity index (χ2n) is 9.42. The van der Waals surface area contributed by atoms with Gasteiger partial charge in [-0.15, -0.1) is 11.8 Å². The molecule has 0 radical (unpaired) electrons. The van der Waals surface area contributed by atoms with Crippen molar-refractivity contribution in [2.24, 2.45) is 29.6 Å². The summed E-state index contributed by atoms with van der Waals surface area (Å²) in [7, 11) is 0. The number of carbonyl (C=O) groups excluding carboxylic acids is 3. The Hall–Kier alpha value is -1.61. The zero-order chi connectivity index (χ0) is 20.8. The standard InChI is InChI=1S/C20H24N2O5S2/c1-7(2)27-10(23)6-22-17(24)11-8-5-9(12(11)18(22)25)14-13(8)20(3,4)15-16(28-14)21-19(26)29-15/h7-9,11-14H,5-6H2,1-4H3,(H,21,26)/t8-,9-,11-,12+,13+,14+/m0/s1. The third-order valence-corrected chi connectivity index (χ3v) is 9.94. The quantitative estimate of drug-likeness (QED) is 0.575. The Morgan fingerprint density at radius 1 is 1.21 bits per heavy atom. The van der Waals surface area contributed by atoms with E-state index in [1.165, 1.54) is 11.3 Å². The van der Waals surface area contributed by atoms with Crippen LogP contribution in [-0.4, -0.2) is 45.6 Å². The summed E-state index contributed by atoms with van der Waals surface area (Å²) in [6, 6.07) is 0. The van der Waals surface area contributed by atoms with Crippen molar-refractivity contribution in [3.05, 3.63) is 14.5 Å². The van der Waals surface area contributed by atoms with Gasteiger partial charge in [0.1, 0.15) is 6.54 Å². The molecule has 6 atom stereocenters. The maximum atomic E-state index is 13.2. The van der Waals surface area contributed by atoms with Gasteiger partial charge in [0.05, 0.1) is 23.0 Å². The zero-order valence-corrected chi connectivity index (χ0v) is 18.4. The van der Waals surface area contributed by atoms with Crippen molar-refractivity contribution in [3.63, 3.8) is 0 Å². The molecule has 156 valence electrons. The number of hydrogen-bond acceptors (Lipinski definition) is 7. The zero-order valence-electron chi connectivity index (χ0n) is 16.8. The van der Waals surface area contributed by atoms with Crippen molar-refractivity contribution in [3.8, 4) is 0 Å².